The van der Waals surface area contributed by atoms with Gasteiger partial charge in [-0.1, -0.05) is 11.6 Å². The van der Waals surface area contributed by atoms with Crippen molar-refractivity contribution in [3.8, 4) is 6.07 Å². The summed E-state index contributed by atoms with van der Waals surface area (Å²) in [5.41, 5.74) is 1.66. The molecule has 1 aromatic carbocycles. The highest BCUT2D eigenvalue weighted by molar-refractivity contribution is 7.89. The lowest BCUT2D eigenvalue weighted by atomic mass is 10.1. The van der Waals surface area contributed by atoms with Gasteiger partial charge in [0.05, 0.1) is 11.8 Å². The second kappa shape index (κ2) is 10.7. The first kappa shape index (κ1) is 26.9. The van der Waals surface area contributed by atoms with Crippen LogP contribution in [0.15, 0.2) is 29.3 Å². The van der Waals surface area contributed by atoms with Crippen LogP contribution in [0.4, 0.5) is 0 Å². The molecular weight excluding hydrogens is 543 g/mol. The van der Waals surface area contributed by atoms with Gasteiger partial charge in [0.25, 0.3) is 15.9 Å². The maximum absolute atomic E-state index is 13.4. The molecule has 36 heavy (non-hydrogen) atoms. The number of likely N-dealkylation sites (N-methyl/N-ethyl adjacent to an activating group) is 1. The van der Waals surface area contributed by atoms with Crippen molar-refractivity contribution in [2.75, 3.05) is 33.2 Å². The first-order valence-corrected chi connectivity index (χ1v) is 14.0. The number of rotatable bonds is 5. The summed E-state index contributed by atoms with van der Waals surface area (Å²) in [5, 5.41) is 10.9. The molecule has 1 fully saturated rings. The minimum atomic E-state index is -3.82. The number of aromatic nitrogens is 2. The Bertz CT molecular complexity index is 1430. The fourth-order valence-corrected chi connectivity index (χ4v) is 7.49. The first-order valence-electron chi connectivity index (χ1n) is 11.4. The highest BCUT2D eigenvalue weighted by atomic mass is 35.5. The van der Waals surface area contributed by atoms with Crippen molar-refractivity contribution in [1.82, 2.24) is 24.1 Å². The minimum Gasteiger partial charge on any atom is -0.345 e. The lowest BCUT2D eigenvalue weighted by molar-refractivity contribution is 0.0552. The zero-order chi connectivity index (χ0) is 24.7. The van der Waals surface area contributed by atoms with Gasteiger partial charge in [-0.15, -0.1) is 23.7 Å². The Morgan fingerprint density at radius 2 is 2.11 bits per heavy atom. The zero-order valence-corrected chi connectivity index (χ0v) is 22.8. The molecule has 0 bridgehead atoms. The average molecular weight is 570 g/mol. The molecule has 1 unspecified atom stereocenters. The smallest absolute Gasteiger partial charge is 0.283 e. The number of benzene rings is 1. The fraction of sp³-hybridized carbons (Fsp3) is 0.435. The van der Waals surface area contributed by atoms with Crippen molar-refractivity contribution >= 4 is 62.2 Å². The van der Waals surface area contributed by atoms with E-state index in [2.05, 4.69) is 20.9 Å². The number of hydrogen-bond donors (Lipinski definition) is 1. The molecule has 2 aliphatic rings. The zero-order valence-electron chi connectivity index (χ0n) is 19.6. The highest BCUT2D eigenvalue weighted by Crippen LogP contribution is 2.29. The average Bonchev–Trinajstić information content (AvgIpc) is 3.46. The van der Waals surface area contributed by atoms with Crippen molar-refractivity contribution in [1.29, 1.82) is 5.26 Å². The number of carbonyl (C=O) groups is 1. The van der Waals surface area contributed by atoms with Crippen LogP contribution < -0.4 is 0 Å². The third-order valence-electron chi connectivity index (χ3n) is 6.58. The van der Waals surface area contributed by atoms with Crippen molar-refractivity contribution in [2.24, 2.45) is 0 Å². The minimum absolute atomic E-state index is 0. The van der Waals surface area contributed by atoms with Crippen molar-refractivity contribution in [3.05, 3.63) is 44.9 Å². The number of hydrogen-bond acceptors (Lipinski definition) is 7. The van der Waals surface area contributed by atoms with Crippen LogP contribution in [0, 0.1) is 11.3 Å². The molecule has 0 saturated carbocycles. The predicted octanol–water partition coefficient (Wildman–Crippen LogP) is 3.51. The van der Waals surface area contributed by atoms with Crippen LogP contribution in [0.2, 0.25) is 5.02 Å². The SMILES string of the molecule is CN1CCc2nc(C(=O)N3CCN(S(=O)(=O)c4cc5cc(Cl)ccc5[nH]4)CC3CCC#N)sc2C1.Cl. The van der Waals surface area contributed by atoms with E-state index in [1.807, 2.05) is 7.05 Å². The molecule has 192 valence electrons. The summed E-state index contributed by atoms with van der Waals surface area (Å²) in [5.74, 6) is -0.188. The van der Waals surface area contributed by atoms with Gasteiger partial charge in [-0.2, -0.15) is 9.57 Å². The number of halogens is 2. The molecule has 0 spiro atoms. The van der Waals surface area contributed by atoms with Crippen LogP contribution in [0.25, 0.3) is 10.9 Å². The molecule has 1 saturated heterocycles. The number of aromatic amines is 1. The van der Waals surface area contributed by atoms with E-state index >= 15 is 0 Å². The molecule has 0 radical (unpaired) electrons. The largest absolute Gasteiger partial charge is 0.345 e. The maximum Gasteiger partial charge on any atom is 0.283 e. The van der Waals surface area contributed by atoms with Gasteiger partial charge >= 0.3 is 0 Å². The molecule has 2 aromatic heterocycles. The van der Waals surface area contributed by atoms with Gasteiger partial charge in [0, 0.05) is 72.4 Å². The third kappa shape index (κ3) is 5.11. The summed E-state index contributed by atoms with van der Waals surface area (Å²) in [6.45, 7) is 2.22. The fourth-order valence-electron chi connectivity index (χ4n) is 4.68. The van der Waals surface area contributed by atoms with E-state index in [9.17, 15) is 13.2 Å². The Morgan fingerprint density at radius 1 is 1.31 bits per heavy atom. The Labute approximate surface area is 225 Å². The molecule has 1 amide bonds. The van der Waals surface area contributed by atoms with E-state index in [1.54, 1.807) is 29.2 Å². The molecule has 5 rings (SSSR count). The van der Waals surface area contributed by atoms with E-state index in [-0.39, 0.29) is 49.4 Å². The lowest BCUT2D eigenvalue weighted by Gasteiger charge is -2.40. The molecule has 3 aromatic rings. The number of H-pyrrole nitrogens is 1. The Kier molecular flexibility index (Phi) is 7.95. The monoisotopic (exact) mass is 568 g/mol. The highest BCUT2D eigenvalue weighted by Gasteiger charge is 2.38. The summed E-state index contributed by atoms with van der Waals surface area (Å²) < 4.78 is 28.3. The quantitative estimate of drug-likeness (QED) is 0.503. The van der Waals surface area contributed by atoms with Crippen LogP contribution >= 0.6 is 35.3 Å². The maximum atomic E-state index is 13.4. The van der Waals surface area contributed by atoms with Gasteiger partial charge in [0.1, 0.15) is 5.03 Å². The summed E-state index contributed by atoms with van der Waals surface area (Å²) >= 11 is 7.47. The van der Waals surface area contributed by atoms with Gasteiger partial charge in [-0.3, -0.25) is 4.79 Å². The summed E-state index contributed by atoms with van der Waals surface area (Å²) in [4.78, 5) is 26.0. The van der Waals surface area contributed by atoms with E-state index in [0.29, 0.717) is 27.4 Å². The van der Waals surface area contributed by atoms with E-state index < -0.39 is 16.1 Å². The van der Waals surface area contributed by atoms with Gasteiger partial charge in [-0.05, 0) is 37.7 Å². The molecule has 13 heteroatoms. The van der Waals surface area contributed by atoms with Crippen LogP contribution in [0.1, 0.15) is 33.2 Å². The standard InChI is InChI=1S/C23H25ClN6O3S2.ClH/c1-28-8-6-19-20(14-28)34-22(27-19)23(31)30-10-9-29(13-17(30)3-2-7-25)35(32,33)21-12-15-11-16(24)4-5-18(15)26-21;/h4-5,11-12,17,26H,2-3,6,8-10,13-14H2,1H3;1H. The molecule has 9 nitrogen and oxygen atoms in total. The number of nitrogens with one attached hydrogen (secondary N) is 1. The summed E-state index contributed by atoms with van der Waals surface area (Å²) in [6.07, 6.45) is 1.44. The van der Waals surface area contributed by atoms with E-state index in [4.69, 9.17) is 16.9 Å². The van der Waals surface area contributed by atoms with Gasteiger partial charge < -0.3 is 14.8 Å². The first-order chi connectivity index (χ1) is 16.8. The number of amides is 1. The Morgan fingerprint density at radius 3 is 2.89 bits per heavy atom. The second-order valence-corrected chi connectivity index (χ2v) is 12.4. The van der Waals surface area contributed by atoms with Crippen LogP contribution in [-0.4, -0.2) is 77.7 Å². The molecule has 4 heterocycles. The van der Waals surface area contributed by atoms with E-state index in [1.165, 1.54) is 15.6 Å². The molecule has 0 aliphatic carbocycles. The van der Waals surface area contributed by atoms with Gasteiger partial charge in [0.15, 0.2) is 5.01 Å². The summed E-state index contributed by atoms with van der Waals surface area (Å²) in [6, 6.07) is 8.45. The number of sulfonamides is 1. The lowest BCUT2D eigenvalue weighted by Crippen LogP contribution is -2.56. The Balaban J connectivity index is 0.00000304. The third-order valence-corrected chi connectivity index (χ3v) is 9.67. The number of piperazine rings is 1. The number of thiazole rings is 1. The number of carbonyl (C=O) groups excluding carboxylic acids is 1. The molecular formula is C23H26Cl2N6O3S2. The Hall–Kier alpha value is -2.20. The van der Waals surface area contributed by atoms with Gasteiger partial charge in [-0.25, -0.2) is 13.4 Å². The van der Waals surface area contributed by atoms with Crippen molar-refractivity contribution in [2.45, 2.75) is 36.9 Å². The number of nitrogens with zero attached hydrogens (tertiary/aromatic N) is 5. The topological polar surface area (TPSA) is 113 Å². The number of nitriles is 1. The van der Waals surface area contributed by atoms with Crippen LogP contribution in [0.5, 0.6) is 0 Å². The van der Waals surface area contributed by atoms with Crippen molar-refractivity contribution in [3.63, 3.8) is 0 Å². The predicted molar refractivity (Wildman–Crippen MR) is 141 cm³/mol. The normalized spacial score (nSPS) is 19.0. The van der Waals surface area contributed by atoms with Gasteiger partial charge in [0.2, 0.25) is 0 Å². The molecule has 2 aliphatic heterocycles. The van der Waals surface area contributed by atoms with Crippen molar-refractivity contribution < 1.29 is 13.2 Å². The van der Waals surface area contributed by atoms with Crippen LogP contribution in [-0.2, 0) is 23.0 Å². The van der Waals surface area contributed by atoms with E-state index in [0.717, 1.165) is 30.1 Å². The summed E-state index contributed by atoms with van der Waals surface area (Å²) in [7, 11) is -1.78. The second-order valence-electron chi connectivity index (χ2n) is 8.95. The number of fused-ring (bicyclic) bond motifs is 2. The molecule has 1 N–H and O–H groups in total. The van der Waals surface area contributed by atoms with Crippen LogP contribution in [0.3, 0.4) is 0 Å². The molecule has 1 atom stereocenters.